The van der Waals surface area contributed by atoms with Crippen LogP contribution in [0.15, 0.2) is 24.3 Å². The van der Waals surface area contributed by atoms with E-state index < -0.39 is 5.97 Å². The van der Waals surface area contributed by atoms with Crippen LogP contribution < -0.4 is 0 Å². The Hall–Kier alpha value is -1.91. The van der Waals surface area contributed by atoms with Crippen LogP contribution in [0.1, 0.15) is 50.0 Å². The van der Waals surface area contributed by atoms with Crippen LogP contribution >= 0.6 is 0 Å². The van der Waals surface area contributed by atoms with Gasteiger partial charge in [-0.15, -0.1) is 0 Å². The van der Waals surface area contributed by atoms with Crippen LogP contribution in [-0.2, 0) is 9.59 Å². The molecule has 0 spiro atoms. The first-order valence-electron chi connectivity index (χ1n) is 8.34. The lowest BCUT2D eigenvalue weighted by atomic mass is 9.97. The Morgan fingerprint density at radius 2 is 1.96 bits per heavy atom. The summed E-state index contributed by atoms with van der Waals surface area (Å²) >= 11 is 0. The van der Waals surface area contributed by atoms with Crippen LogP contribution in [0.4, 0.5) is 4.39 Å². The summed E-state index contributed by atoms with van der Waals surface area (Å²) in [5.41, 5.74) is 1.02. The van der Waals surface area contributed by atoms with Gasteiger partial charge in [0.05, 0.1) is 0 Å². The van der Waals surface area contributed by atoms with E-state index in [2.05, 4.69) is 0 Å². The molecule has 1 N–H and O–H groups in total. The van der Waals surface area contributed by atoms with Gasteiger partial charge in [0.25, 0.3) is 0 Å². The summed E-state index contributed by atoms with van der Waals surface area (Å²) in [6.45, 7) is 0.732. The number of piperidine rings is 1. The topological polar surface area (TPSA) is 57.6 Å². The number of hydrogen-bond acceptors (Lipinski definition) is 2. The summed E-state index contributed by atoms with van der Waals surface area (Å²) in [6, 6.07) is 6.44. The minimum atomic E-state index is -0.807. The van der Waals surface area contributed by atoms with Crippen LogP contribution in [-0.4, -0.2) is 34.5 Å². The van der Waals surface area contributed by atoms with Gasteiger partial charge in [-0.3, -0.25) is 9.59 Å². The summed E-state index contributed by atoms with van der Waals surface area (Å²) in [7, 11) is 0. The predicted molar refractivity (Wildman–Crippen MR) is 83.5 cm³/mol. The SMILES string of the molecule is O=C(O)CC[C@@H]1CCCCN1C(=O)[C@H]1C[C@H]1c1ccc(F)cc1. The second-order valence-corrected chi connectivity index (χ2v) is 6.61. The molecule has 5 heteroatoms. The molecule has 1 saturated heterocycles. The third-order valence-corrected chi connectivity index (χ3v) is 5.01. The molecular weight excluding hydrogens is 297 g/mol. The second kappa shape index (κ2) is 6.69. The zero-order valence-corrected chi connectivity index (χ0v) is 13.1. The molecule has 0 aromatic heterocycles. The van der Waals surface area contributed by atoms with E-state index in [0.29, 0.717) is 6.42 Å². The largest absolute Gasteiger partial charge is 0.481 e. The number of halogens is 1. The van der Waals surface area contributed by atoms with Gasteiger partial charge in [-0.25, -0.2) is 4.39 Å². The highest BCUT2D eigenvalue weighted by Crippen LogP contribution is 2.49. The molecule has 0 unspecified atom stereocenters. The number of carbonyl (C=O) groups is 2. The molecule has 124 valence electrons. The van der Waals surface area contributed by atoms with E-state index in [-0.39, 0.29) is 36.0 Å². The number of aliphatic carboxylic acids is 1. The standard InChI is InChI=1S/C18H22FNO3/c19-13-6-4-12(5-7-13)15-11-16(15)18(23)20-10-2-1-3-14(20)8-9-17(21)22/h4-7,14-16H,1-3,8-11H2,(H,21,22)/t14-,15-,16-/m0/s1. The van der Waals surface area contributed by atoms with Crippen molar-refractivity contribution in [1.29, 1.82) is 0 Å². The number of amides is 1. The summed E-state index contributed by atoms with van der Waals surface area (Å²) in [5, 5.41) is 8.87. The summed E-state index contributed by atoms with van der Waals surface area (Å²) in [4.78, 5) is 25.5. The molecule has 1 aromatic rings. The van der Waals surface area contributed by atoms with Gasteiger partial charge in [-0.1, -0.05) is 12.1 Å². The molecule has 1 aromatic carbocycles. The van der Waals surface area contributed by atoms with Crippen molar-refractivity contribution < 1.29 is 19.1 Å². The molecule has 1 amide bonds. The zero-order chi connectivity index (χ0) is 16.4. The van der Waals surface area contributed by atoms with Gasteiger partial charge >= 0.3 is 5.97 Å². The van der Waals surface area contributed by atoms with E-state index in [1.54, 1.807) is 12.1 Å². The normalized spacial score (nSPS) is 26.8. The highest BCUT2D eigenvalue weighted by atomic mass is 19.1. The summed E-state index contributed by atoms with van der Waals surface area (Å²) in [6.07, 6.45) is 4.40. The predicted octanol–water partition coefficient (Wildman–Crippen LogP) is 3.18. The summed E-state index contributed by atoms with van der Waals surface area (Å²) < 4.78 is 13.0. The van der Waals surface area contributed by atoms with Gasteiger partial charge in [0.1, 0.15) is 5.82 Å². The van der Waals surface area contributed by atoms with E-state index in [0.717, 1.165) is 37.8 Å². The van der Waals surface area contributed by atoms with Crippen molar-refractivity contribution in [3.63, 3.8) is 0 Å². The highest BCUT2D eigenvalue weighted by Gasteiger charge is 2.47. The van der Waals surface area contributed by atoms with Crippen LogP contribution in [0.25, 0.3) is 0 Å². The Morgan fingerprint density at radius 3 is 2.65 bits per heavy atom. The number of hydrogen-bond donors (Lipinski definition) is 1. The molecule has 0 radical (unpaired) electrons. The quantitative estimate of drug-likeness (QED) is 0.907. The van der Waals surface area contributed by atoms with Crippen molar-refractivity contribution in [2.75, 3.05) is 6.54 Å². The molecule has 4 nitrogen and oxygen atoms in total. The van der Waals surface area contributed by atoms with Gasteiger partial charge < -0.3 is 10.0 Å². The highest BCUT2D eigenvalue weighted by molar-refractivity contribution is 5.83. The molecule has 1 heterocycles. The Balaban J connectivity index is 1.62. The Labute approximate surface area is 135 Å². The van der Waals surface area contributed by atoms with Crippen molar-refractivity contribution in [3.8, 4) is 0 Å². The van der Waals surface area contributed by atoms with E-state index >= 15 is 0 Å². The average Bonchev–Trinajstić information content (AvgIpc) is 3.34. The molecule has 2 aliphatic rings. The molecule has 2 fully saturated rings. The van der Waals surface area contributed by atoms with Gasteiger partial charge in [0.2, 0.25) is 5.91 Å². The molecule has 1 aliphatic heterocycles. The first-order valence-corrected chi connectivity index (χ1v) is 8.34. The number of benzene rings is 1. The van der Waals surface area contributed by atoms with Gasteiger partial charge in [-0.2, -0.15) is 0 Å². The zero-order valence-electron chi connectivity index (χ0n) is 13.1. The molecule has 1 saturated carbocycles. The monoisotopic (exact) mass is 319 g/mol. The van der Waals surface area contributed by atoms with Crippen LogP contribution in [0, 0.1) is 11.7 Å². The second-order valence-electron chi connectivity index (χ2n) is 6.61. The van der Waals surface area contributed by atoms with Crippen molar-refractivity contribution in [3.05, 3.63) is 35.6 Å². The van der Waals surface area contributed by atoms with Crippen molar-refractivity contribution in [2.24, 2.45) is 5.92 Å². The first-order chi connectivity index (χ1) is 11.1. The van der Waals surface area contributed by atoms with Crippen LogP contribution in [0.2, 0.25) is 0 Å². The van der Waals surface area contributed by atoms with Gasteiger partial charge in [-0.05, 0) is 55.7 Å². The number of rotatable bonds is 5. The molecule has 23 heavy (non-hydrogen) atoms. The lowest BCUT2D eigenvalue weighted by Gasteiger charge is -2.36. The van der Waals surface area contributed by atoms with Gasteiger partial charge in [0, 0.05) is 24.9 Å². The van der Waals surface area contributed by atoms with Crippen LogP contribution in [0.3, 0.4) is 0 Å². The van der Waals surface area contributed by atoms with Crippen molar-refractivity contribution in [1.82, 2.24) is 4.90 Å². The maximum absolute atomic E-state index is 13.0. The van der Waals surface area contributed by atoms with Crippen LogP contribution in [0.5, 0.6) is 0 Å². The average molecular weight is 319 g/mol. The molecular formula is C18H22FNO3. The number of nitrogens with zero attached hydrogens (tertiary/aromatic N) is 1. The van der Waals surface area contributed by atoms with Crippen molar-refractivity contribution >= 4 is 11.9 Å². The molecule has 3 rings (SSSR count). The van der Waals surface area contributed by atoms with E-state index in [1.165, 1.54) is 12.1 Å². The smallest absolute Gasteiger partial charge is 0.303 e. The van der Waals surface area contributed by atoms with E-state index in [4.69, 9.17) is 5.11 Å². The maximum Gasteiger partial charge on any atom is 0.303 e. The third-order valence-electron chi connectivity index (χ3n) is 5.01. The number of carboxylic acid groups (broad SMARTS) is 1. The van der Waals surface area contributed by atoms with E-state index in [9.17, 15) is 14.0 Å². The molecule has 0 bridgehead atoms. The van der Waals surface area contributed by atoms with E-state index in [1.807, 2.05) is 4.90 Å². The Kier molecular flexibility index (Phi) is 4.64. The fourth-order valence-electron chi connectivity index (χ4n) is 3.64. The minimum absolute atomic E-state index is 0.0223. The Bertz CT molecular complexity index is 586. The summed E-state index contributed by atoms with van der Waals surface area (Å²) in [5.74, 6) is -0.758. The van der Waals surface area contributed by atoms with Crippen molar-refractivity contribution in [2.45, 2.75) is 50.5 Å². The number of carbonyl (C=O) groups excluding carboxylic acids is 1. The molecule has 1 aliphatic carbocycles. The lowest BCUT2D eigenvalue weighted by Crippen LogP contribution is -2.44. The number of likely N-dealkylation sites (tertiary alicyclic amines) is 1. The molecule has 3 atom stereocenters. The fourth-order valence-corrected chi connectivity index (χ4v) is 3.64. The first kappa shape index (κ1) is 16.0. The maximum atomic E-state index is 13.0. The van der Waals surface area contributed by atoms with Gasteiger partial charge in [0.15, 0.2) is 0 Å². The minimum Gasteiger partial charge on any atom is -0.481 e. The Morgan fingerprint density at radius 1 is 1.22 bits per heavy atom. The number of carboxylic acids is 1. The third kappa shape index (κ3) is 3.71. The fraction of sp³-hybridized carbons (Fsp3) is 0.556. The lowest BCUT2D eigenvalue weighted by molar-refractivity contribution is -0.140.